The molecule has 1 amide bonds. The van der Waals surface area contributed by atoms with Crippen LogP contribution < -0.4 is 4.74 Å². The highest BCUT2D eigenvalue weighted by Crippen LogP contribution is 2.26. The van der Waals surface area contributed by atoms with Gasteiger partial charge in [-0.3, -0.25) is 4.79 Å². The van der Waals surface area contributed by atoms with E-state index in [0.29, 0.717) is 19.5 Å². The first-order valence-corrected chi connectivity index (χ1v) is 9.23. The number of carbonyl (C=O) groups is 1. The van der Waals surface area contributed by atoms with Gasteiger partial charge in [-0.1, -0.05) is 18.2 Å². The van der Waals surface area contributed by atoms with Crippen LogP contribution in [-0.2, 0) is 30.7 Å². The van der Waals surface area contributed by atoms with E-state index in [2.05, 4.69) is 12.1 Å². The number of furan rings is 1. The molecule has 0 spiro atoms. The third-order valence-corrected chi connectivity index (χ3v) is 5.18. The predicted octanol–water partition coefficient (Wildman–Crippen LogP) is 4.05. The Labute approximate surface area is 150 Å². The SMILES string of the molecule is O=C(Cc1ccc2c(c1)CCO2)N(Cc1ccco1)Cc1cccs1. The van der Waals surface area contributed by atoms with Crippen molar-refractivity contribution in [3.63, 3.8) is 0 Å². The average molecular weight is 353 g/mol. The van der Waals surface area contributed by atoms with Crippen LogP contribution in [0.5, 0.6) is 5.75 Å². The number of nitrogens with zero attached hydrogens (tertiary/aromatic N) is 1. The molecule has 4 nitrogen and oxygen atoms in total. The number of hydrogen-bond donors (Lipinski definition) is 0. The lowest BCUT2D eigenvalue weighted by Gasteiger charge is -2.21. The van der Waals surface area contributed by atoms with Gasteiger partial charge in [0.25, 0.3) is 0 Å². The Bertz CT molecular complexity index is 804. The summed E-state index contributed by atoms with van der Waals surface area (Å²) in [6, 6.07) is 13.9. The summed E-state index contributed by atoms with van der Waals surface area (Å²) in [6.45, 7) is 1.82. The Balaban J connectivity index is 1.50. The molecule has 25 heavy (non-hydrogen) atoms. The fourth-order valence-electron chi connectivity index (χ4n) is 3.05. The van der Waals surface area contributed by atoms with Crippen molar-refractivity contribution in [2.75, 3.05) is 6.61 Å². The second-order valence-corrected chi connectivity index (χ2v) is 7.16. The van der Waals surface area contributed by atoms with Crippen molar-refractivity contribution < 1.29 is 13.9 Å². The molecule has 1 aromatic carbocycles. The standard InChI is InChI=1S/C20H19NO3S/c22-20(12-15-5-6-19-16(11-15)7-9-24-19)21(13-17-3-1-8-23-17)14-18-4-2-10-25-18/h1-6,8,10-11H,7,9,12-14H2. The molecule has 0 saturated heterocycles. The molecule has 2 aromatic heterocycles. The van der Waals surface area contributed by atoms with Crippen LogP contribution >= 0.6 is 11.3 Å². The number of fused-ring (bicyclic) bond motifs is 1. The molecule has 0 bridgehead atoms. The van der Waals surface area contributed by atoms with E-state index in [9.17, 15) is 4.79 Å². The van der Waals surface area contributed by atoms with E-state index in [1.165, 1.54) is 10.4 Å². The van der Waals surface area contributed by atoms with Crippen LogP contribution in [-0.4, -0.2) is 17.4 Å². The van der Waals surface area contributed by atoms with E-state index in [0.717, 1.165) is 30.1 Å². The molecular weight excluding hydrogens is 334 g/mol. The van der Waals surface area contributed by atoms with Crippen LogP contribution in [0.3, 0.4) is 0 Å². The molecule has 0 fully saturated rings. The second kappa shape index (κ2) is 7.15. The van der Waals surface area contributed by atoms with Gasteiger partial charge in [0, 0.05) is 11.3 Å². The molecule has 1 aliphatic rings. The summed E-state index contributed by atoms with van der Waals surface area (Å²) >= 11 is 1.66. The van der Waals surface area contributed by atoms with Gasteiger partial charge in [-0.15, -0.1) is 11.3 Å². The molecule has 0 radical (unpaired) electrons. The van der Waals surface area contributed by atoms with Gasteiger partial charge < -0.3 is 14.1 Å². The Morgan fingerprint density at radius 3 is 2.92 bits per heavy atom. The Kier molecular flexibility index (Phi) is 4.57. The third kappa shape index (κ3) is 3.77. The molecule has 0 unspecified atom stereocenters. The predicted molar refractivity (Wildman–Crippen MR) is 96.6 cm³/mol. The van der Waals surface area contributed by atoms with Gasteiger partial charge >= 0.3 is 0 Å². The maximum Gasteiger partial charge on any atom is 0.227 e. The van der Waals surface area contributed by atoms with Crippen molar-refractivity contribution in [1.29, 1.82) is 0 Å². The maximum absolute atomic E-state index is 12.9. The highest BCUT2D eigenvalue weighted by molar-refractivity contribution is 7.09. The Morgan fingerprint density at radius 2 is 2.12 bits per heavy atom. The fraction of sp³-hybridized carbons (Fsp3) is 0.250. The van der Waals surface area contributed by atoms with Crippen molar-refractivity contribution in [2.45, 2.75) is 25.9 Å². The van der Waals surface area contributed by atoms with Crippen molar-refractivity contribution in [3.8, 4) is 5.75 Å². The van der Waals surface area contributed by atoms with Gasteiger partial charge in [-0.25, -0.2) is 0 Å². The van der Waals surface area contributed by atoms with Crippen molar-refractivity contribution in [1.82, 2.24) is 4.90 Å². The largest absolute Gasteiger partial charge is 0.493 e. The zero-order valence-electron chi connectivity index (χ0n) is 13.8. The molecule has 0 atom stereocenters. The van der Waals surface area contributed by atoms with E-state index in [1.54, 1.807) is 17.6 Å². The number of carbonyl (C=O) groups excluding carboxylic acids is 1. The highest BCUT2D eigenvalue weighted by Gasteiger charge is 2.19. The maximum atomic E-state index is 12.9. The molecule has 3 aromatic rings. The zero-order valence-corrected chi connectivity index (χ0v) is 14.6. The lowest BCUT2D eigenvalue weighted by Crippen LogP contribution is -2.31. The highest BCUT2D eigenvalue weighted by atomic mass is 32.1. The van der Waals surface area contributed by atoms with E-state index in [4.69, 9.17) is 9.15 Å². The van der Waals surface area contributed by atoms with Crippen LogP contribution in [0.2, 0.25) is 0 Å². The summed E-state index contributed by atoms with van der Waals surface area (Å²) in [5.41, 5.74) is 2.23. The quantitative estimate of drug-likeness (QED) is 0.671. The molecule has 0 saturated carbocycles. The first-order chi connectivity index (χ1) is 12.3. The average Bonchev–Trinajstić information content (AvgIpc) is 3.36. The lowest BCUT2D eigenvalue weighted by atomic mass is 10.1. The number of amides is 1. The number of thiophene rings is 1. The van der Waals surface area contributed by atoms with Crippen molar-refractivity contribution in [2.24, 2.45) is 0 Å². The molecule has 0 aliphatic carbocycles. The fourth-order valence-corrected chi connectivity index (χ4v) is 3.77. The smallest absolute Gasteiger partial charge is 0.227 e. The second-order valence-electron chi connectivity index (χ2n) is 6.13. The minimum Gasteiger partial charge on any atom is -0.493 e. The van der Waals surface area contributed by atoms with Crippen LogP contribution in [0.15, 0.2) is 58.5 Å². The molecule has 3 heterocycles. The van der Waals surface area contributed by atoms with Gasteiger partial charge in [0.05, 0.1) is 32.4 Å². The van der Waals surface area contributed by atoms with Gasteiger partial charge in [-0.2, -0.15) is 0 Å². The van der Waals surface area contributed by atoms with Crippen LogP contribution in [0, 0.1) is 0 Å². The monoisotopic (exact) mass is 353 g/mol. The van der Waals surface area contributed by atoms with Gasteiger partial charge in [0.2, 0.25) is 5.91 Å². The van der Waals surface area contributed by atoms with Crippen LogP contribution in [0.1, 0.15) is 21.8 Å². The van der Waals surface area contributed by atoms with E-state index < -0.39 is 0 Å². The first-order valence-electron chi connectivity index (χ1n) is 8.35. The normalized spacial score (nSPS) is 12.6. The van der Waals surface area contributed by atoms with Gasteiger partial charge in [0.15, 0.2) is 0 Å². The minimum atomic E-state index is 0.101. The number of hydrogen-bond acceptors (Lipinski definition) is 4. The molecule has 128 valence electrons. The van der Waals surface area contributed by atoms with E-state index in [-0.39, 0.29) is 5.91 Å². The van der Waals surface area contributed by atoms with Gasteiger partial charge in [-0.05, 0) is 40.8 Å². The number of benzene rings is 1. The zero-order chi connectivity index (χ0) is 17.1. The summed E-state index contributed by atoms with van der Waals surface area (Å²) in [4.78, 5) is 15.9. The molecular formula is C20H19NO3S. The number of ether oxygens (including phenoxy) is 1. The summed E-state index contributed by atoms with van der Waals surface area (Å²) in [6.07, 6.45) is 2.95. The minimum absolute atomic E-state index is 0.101. The van der Waals surface area contributed by atoms with Crippen molar-refractivity contribution >= 4 is 17.2 Å². The molecule has 1 aliphatic heterocycles. The summed E-state index contributed by atoms with van der Waals surface area (Å²) in [5, 5.41) is 2.03. The molecule has 4 rings (SSSR count). The van der Waals surface area contributed by atoms with Crippen LogP contribution in [0.25, 0.3) is 0 Å². The number of rotatable bonds is 6. The van der Waals surface area contributed by atoms with E-state index in [1.807, 2.05) is 40.6 Å². The molecule has 5 heteroatoms. The van der Waals surface area contributed by atoms with Crippen LogP contribution in [0.4, 0.5) is 0 Å². The van der Waals surface area contributed by atoms with Gasteiger partial charge in [0.1, 0.15) is 11.5 Å². The Hall–Kier alpha value is -2.53. The lowest BCUT2D eigenvalue weighted by molar-refractivity contribution is -0.131. The topological polar surface area (TPSA) is 42.7 Å². The van der Waals surface area contributed by atoms with Crippen molar-refractivity contribution in [3.05, 3.63) is 75.9 Å². The molecule has 0 N–H and O–H groups in total. The summed E-state index contributed by atoms with van der Waals surface area (Å²) in [7, 11) is 0. The Morgan fingerprint density at radius 1 is 1.16 bits per heavy atom. The summed E-state index contributed by atoms with van der Waals surface area (Å²) < 4.78 is 11.0. The first kappa shape index (κ1) is 16.0. The summed E-state index contributed by atoms with van der Waals surface area (Å²) in [5.74, 6) is 1.85. The third-order valence-electron chi connectivity index (χ3n) is 4.32. The van der Waals surface area contributed by atoms with E-state index >= 15 is 0 Å².